The van der Waals surface area contributed by atoms with Crippen LogP contribution in [-0.2, 0) is 26.0 Å². The van der Waals surface area contributed by atoms with Gasteiger partial charge >= 0.3 is 0 Å². The number of halogens is 4. The van der Waals surface area contributed by atoms with Crippen LogP contribution in [0.25, 0.3) is 0 Å². The summed E-state index contributed by atoms with van der Waals surface area (Å²) < 4.78 is 29.9. The molecule has 0 spiro atoms. The largest absolute Gasteiger partial charge is 0.378 e. The van der Waals surface area contributed by atoms with E-state index < -0.39 is 46.6 Å². The monoisotopic (exact) mass is 739 g/mol. The zero-order valence-corrected chi connectivity index (χ0v) is 29.8. The van der Waals surface area contributed by atoms with Gasteiger partial charge in [-0.1, -0.05) is 52.5 Å². The van der Waals surface area contributed by atoms with Crippen molar-refractivity contribution in [1.29, 1.82) is 0 Å². The summed E-state index contributed by atoms with van der Waals surface area (Å²) in [4.78, 5) is 46.3. The lowest BCUT2D eigenvalue weighted by molar-refractivity contribution is -0.168. The molecule has 2 aliphatic heterocycles. The van der Waals surface area contributed by atoms with Crippen LogP contribution in [0.4, 0.5) is 5.69 Å². The molecule has 250 valence electrons. The molecule has 15 heteroatoms. The molecule has 0 saturated carbocycles. The maximum atomic E-state index is 14.4. The summed E-state index contributed by atoms with van der Waals surface area (Å²) in [6, 6.07) is 12.9. The Morgan fingerprint density at radius 2 is 1.57 bits per heavy atom. The number of hydrogen-bond donors (Lipinski definition) is 1. The van der Waals surface area contributed by atoms with Gasteiger partial charge in [-0.15, -0.1) is 0 Å². The molecule has 5 rings (SSSR count). The molecular formula is C32H33Cl4N5O5S. The van der Waals surface area contributed by atoms with Crippen LogP contribution in [0.2, 0.25) is 20.1 Å². The Balaban J connectivity index is 1.60. The van der Waals surface area contributed by atoms with Crippen molar-refractivity contribution < 1.29 is 22.8 Å². The minimum absolute atomic E-state index is 0.0173. The molecule has 2 saturated heterocycles. The van der Waals surface area contributed by atoms with Crippen LogP contribution in [0.15, 0.2) is 65.6 Å². The molecule has 2 aliphatic rings. The highest BCUT2D eigenvalue weighted by molar-refractivity contribution is 7.89. The van der Waals surface area contributed by atoms with Gasteiger partial charge in [0.15, 0.2) is 0 Å². The zero-order chi connectivity index (χ0) is 34.4. The Bertz CT molecular complexity index is 1820. The summed E-state index contributed by atoms with van der Waals surface area (Å²) in [7, 11) is -0.684. The van der Waals surface area contributed by atoms with Gasteiger partial charge < -0.3 is 20.0 Å². The average molecular weight is 742 g/mol. The summed E-state index contributed by atoms with van der Waals surface area (Å²) in [5, 5.41) is 3.44. The Morgan fingerprint density at radius 3 is 2.17 bits per heavy atom. The second-order valence-corrected chi connectivity index (χ2v) is 15.4. The molecule has 3 atom stereocenters. The molecule has 0 bridgehead atoms. The van der Waals surface area contributed by atoms with Gasteiger partial charge in [0.05, 0.1) is 21.6 Å². The van der Waals surface area contributed by atoms with Crippen molar-refractivity contribution in [2.24, 2.45) is 0 Å². The molecule has 3 aromatic carbocycles. The number of nitrogens with zero attached hydrogens (tertiary/aromatic N) is 4. The maximum absolute atomic E-state index is 14.4. The molecule has 2 fully saturated rings. The molecule has 3 amide bonds. The number of carbonyl (C=O) groups is 3. The Labute approximate surface area is 294 Å². The summed E-state index contributed by atoms with van der Waals surface area (Å²) >= 11 is 24.9. The van der Waals surface area contributed by atoms with Gasteiger partial charge in [-0.3, -0.25) is 14.4 Å². The van der Waals surface area contributed by atoms with Gasteiger partial charge in [0, 0.05) is 49.4 Å². The van der Waals surface area contributed by atoms with Crippen molar-refractivity contribution in [2.75, 3.05) is 32.1 Å². The van der Waals surface area contributed by atoms with E-state index in [1.807, 2.05) is 32.8 Å². The fourth-order valence-electron chi connectivity index (χ4n) is 5.83. The van der Waals surface area contributed by atoms with Gasteiger partial charge in [-0.2, -0.15) is 4.31 Å². The van der Waals surface area contributed by atoms with Crippen molar-refractivity contribution in [3.8, 4) is 0 Å². The fourth-order valence-corrected chi connectivity index (χ4v) is 8.49. The predicted molar refractivity (Wildman–Crippen MR) is 184 cm³/mol. The first-order valence-corrected chi connectivity index (χ1v) is 17.7. The molecule has 10 nitrogen and oxygen atoms in total. The van der Waals surface area contributed by atoms with E-state index in [2.05, 4.69) is 5.32 Å². The number of fused-ring (bicyclic) bond motifs is 1. The molecule has 0 aromatic heterocycles. The van der Waals surface area contributed by atoms with Crippen molar-refractivity contribution in [2.45, 2.75) is 49.5 Å². The standard InChI is InChI=1S/C32H33Cl4N5O5S/c1-18(2)39-17-29-40(47(45,46)28-12-8-21(33)15-25(28)36)16-26(37-30(42)20-6-9-22(10-7-20)38(3)4)31(43)41(29)27(32(39)44)14-19-5-11-23(34)24(35)13-19/h5-13,15,18,26-27,29H,14,16-17H2,1-4H3,(H,37,42). The molecule has 3 aromatic rings. The number of carbonyl (C=O) groups excluding carboxylic acids is 3. The molecule has 1 N–H and O–H groups in total. The topological polar surface area (TPSA) is 110 Å². The molecule has 0 aliphatic carbocycles. The average Bonchev–Trinajstić information content (AvgIpc) is 3.00. The lowest BCUT2D eigenvalue weighted by atomic mass is 9.96. The number of piperazine rings is 1. The molecule has 0 radical (unpaired) electrons. The number of anilines is 1. The minimum atomic E-state index is -4.41. The third-order valence-electron chi connectivity index (χ3n) is 8.30. The summed E-state index contributed by atoms with van der Waals surface area (Å²) in [6.07, 6.45) is -1.09. The summed E-state index contributed by atoms with van der Waals surface area (Å²) in [5.41, 5.74) is 1.74. The highest BCUT2D eigenvalue weighted by atomic mass is 35.5. The van der Waals surface area contributed by atoms with Crippen molar-refractivity contribution in [3.05, 3.63) is 91.9 Å². The third kappa shape index (κ3) is 7.06. The van der Waals surface area contributed by atoms with Crippen LogP contribution in [0.1, 0.15) is 29.8 Å². The third-order valence-corrected chi connectivity index (χ3v) is 11.6. The van der Waals surface area contributed by atoms with Gasteiger partial charge in [0.2, 0.25) is 21.8 Å². The summed E-state index contributed by atoms with van der Waals surface area (Å²) in [5.74, 6) is -1.55. The molecule has 47 heavy (non-hydrogen) atoms. The number of benzene rings is 3. The first-order chi connectivity index (χ1) is 22.1. The number of sulfonamides is 1. The van der Waals surface area contributed by atoms with E-state index in [1.54, 1.807) is 47.4 Å². The van der Waals surface area contributed by atoms with Crippen LogP contribution < -0.4 is 10.2 Å². The van der Waals surface area contributed by atoms with Gasteiger partial charge in [0.1, 0.15) is 23.1 Å². The van der Waals surface area contributed by atoms with Crippen LogP contribution >= 0.6 is 46.4 Å². The molecular weight excluding hydrogens is 708 g/mol. The van der Waals surface area contributed by atoms with Crippen molar-refractivity contribution >= 4 is 79.8 Å². The van der Waals surface area contributed by atoms with Crippen molar-refractivity contribution in [1.82, 2.24) is 19.4 Å². The molecule has 3 unspecified atom stereocenters. The van der Waals surface area contributed by atoms with E-state index in [1.165, 1.54) is 23.1 Å². The van der Waals surface area contributed by atoms with Crippen molar-refractivity contribution in [3.63, 3.8) is 0 Å². The normalized spacial score (nSPS) is 20.4. The quantitative estimate of drug-likeness (QED) is 0.341. The number of rotatable bonds is 8. The smallest absolute Gasteiger partial charge is 0.251 e. The lowest BCUT2D eigenvalue weighted by Gasteiger charge is -2.54. The minimum Gasteiger partial charge on any atom is -0.378 e. The lowest BCUT2D eigenvalue weighted by Crippen LogP contribution is -2.76. The maximum Gasteiger partial charge on any atom is 0.251 e. The summed E-state index contributed by atoms with van der Waals surface area (Å²) in [6.45, 7) is 3.13. The van der Waals surface area contributed by atoms with Crippen LogP contribution in [0.5, 0.6) is 0 Å². The van der Waals surface area contributed by atoms with Gasteiger partial charge in [0.25, 0.3) is 5.91 Å². The van der Waals surface area contributed by atoms with Gasteiger partial charge in [-0.05, 0) is 74.0 Å². The van der Waals surface area contributed by atoms with Crippen LogP contribution in [0.3, 0.4) is 0 Å². The Morgan fingerprint density at radius 1 is 0.894 bits per heavy atom. The zero-order valence-electron chi connectivity index (χ0n) is 26.0. The second kappa shape index (κ2) is 13.8. The van der Waals surface area contributed by atoms with E-state index in [0.717, 1.165) is 9.99 Å². The number of nitrogens with one attached hydrogen (secondary N) is 1. The Hall–Kier alpha value is -3.06. The SMILES string of the molecule is CC(C)N1CC2N(C(=O)C(NC(=O)c3ccc(N(C)C)cc3)CN2S(=O)(=O)c2ccc(Cl)cc2Cl)C(Cc2ccc(Cl)c(Cl)c2)C1=O. The first-order valence-electron chi connectivity index (χ1n) is 14.7. The van der Waals surface area contributed by atoms with Gasteiger partial charge in [-0.25, -0.2) is 8.42 Å². The van der Waals surface area contributed by atoms with E-state index in [0.29, 0.717) is 10.6 Å². The van der Waals surface area contributed by atoms with E-state index >= 15 is 0 Å². The first kappa shape index (κ1) is 35.3. The highest BCUT2D eigenvalue weighted by Crippen LogP contribution is 2.35. The number of amides is 3. The fraction of sp³-hybridized carbons (Fsp3) is 0.344. The Kier molecular flexibility index (Phi) is 10.4. The predicted octanol–water partition coefficient (Wildman–Crippen LogP) is 5.19. The second-order valence-electron chi connectivity index (χ2n) is 11.9. The molecule has 2 heterocycles. The van der Waals surface area contributed by atoms with E-state index in [-0.39, 0.29) is 50.4 Å². The van der Waals surface area contributed by atoms with E-state index in [4.69, 9.17) is 46.4 Å². The van der Waals surface area contributed by atoms with Crippen LogP contribution in [-0.4, -0.2) is 91.7 Å². The highest BCUT2D eigenvalue weighted by Gasteiger charge is 2.54. The van der Waals surface area contributed by atoms with Crippen LogP contribution in [0, 0.1) is 0 Å². The number of hydrogen-bond acceptors (Lipinski definition) is 6. The van der Waals surface area contributed by atoms with E-state index in [9.17, 15) is 22.8 Å².